The molecule has 92 valence electrons. The molecule has 0 spiro atoms. The summed E-state index contributed by atoms with van der Waals surface area (Å²) in [4.78, 5) is 23.6. The van der Waals surface area contributed by atoms with Gasteiger partial charge in [-0.25, -0.2) is 4.79 Å². The van der Waals surface area contributed by atoms with Crippen molar-refractivity contribution in [3.63, 3.8) is 0 Å². The minimum atomic E-state index is -1.07. The first kappa shape index (κ1) is 12.8. The molecule has 16 heavy (non-hydrogen) atoms. The molecule has 1 atom stereocenters. The van der Waals surface area contributed by atoms with Crippen molar-refractivity contribution in [3.8, 4) is 0 Å². The van der Waals surface area contributed by atoms with Crippen LogP contribution in [0.5, 0.6) is 0 Å². The molecule has 1 aliphatic rings. The zero-order valence-corrected chi connectivity index (χ0v) is 9.56. The van der Waals surface area contributed by atoms with Gasteiger partial charge < -0.3 is 15.5 Å². The van der Waals surface area contributed by atoms with E-state index in [0.717, 1.165) is 4.90 Å². The van der Waals surface area contributed by atoms with Crippen molar-refractivity contribution in [2.75, 3.05) is 13.1 Å². The third-order valence-electron chi connectivity index (χ3n) is 2.50. The first-order valence-corrected chi connectivity index (χ1v) is 5.31. The Labute approximate surface area is 94.2 Å². The molecule has 1 aliphatic heterocycles. The van der Waals surface area contributed by atoms with Crippen LogP contribution in [0.2, 0.25) is 0 Å². The summed E-state index contributed by atoms with van der Waals surface area (Å²) >= 11 is 0. The summed E-state index contributed by atoms with van der Waals surface area (Å²) in [5.74, 6) is -0.331. The highest BCUT2D eigenvalue weighted by molar-refractivity contribution is 5.85. The van der Waals surface area contributed by atoms with Crippen molar-refractivity contribution in [1.29, 1.82) is 0 Å². The second-order valence-corrected chi connectivity index (χ2v) is 4.66. The molecule has 1 rings (SSSR count). The summed E-state index contributed by atoms with van der Waals surface area (Å²) in [6, 6.07) is -0.611. The van der Waals surface area contributed by atoms with Crippen LogP contribution in [0.15, 0.2) is 0 Å². The Bertz CT molecular complexity index is 285. The normalized spacial score (nSPS) is 20.9. The van der Waals surface area contributed by atoms with Crippen molar-refractivity contribution in [2.24, 2.45) is 0 Å². The van der Waals surface area contributed by atoms with Crippen molar-refractivity contribution >= 4 is 12.0 Å². The second kappa shape index (κ2) is 4.69. The highest BCUT2D eigenvalue weighted by atomic mass is 16.4. The maximum atomic E-state index is 11.7. The molecule has 6 heteroatoms. The summed E-state index contributed by atoms with van der Waals surface area (Å²) in [7, 11) is 0. The number of carboxylic acid groups (broad SMARTS) is 1. The van der Waals surface area contributed by atoms with E-state index >= 15 is 0 Å². The minimum absolute atomic E-state index is 0.121. The number of likely N-dealkylation sites (tertiary alicyclic amines) is 1. The van der Waals surface area contributed by atoms with E-state index in [4.69, 9.17) is 5.11 Å². The first-order chi connectivity index (χ1) is 7.31. The van der Waals surface area contributed by atoms with E-state index in [1.807, 2.05) is 0 Å². The van der Waals surface area contributed by atoms with Crippen LogP contribution in [0.1, 0.15) is 26.7 Å². The Balaban J connectivity index is 2.50. The van der Waals surface area contributed by atoms with Gasteiger partial charge in [-0.3, -0.25) is 9.69 Å². The first-order valence-electron chi connectivity index (χ1n) is 5.31. The third-order valence-corrected chi connectivity index (χ3v) is 2.50. The zero-order chi connectivity index (χ0) is 12.3. The van der Waals surface area contributed by atoms with Crippen LogP contribution in [0.3, 0.4) is 0 Å². The van der Waals surface area contributed by atoms with E-state index in [9.17, 15) is 14.7 Å². The molecule has 3 N–H and O–H groups in total. The molecule has 0 aromatic rings. The highest BCUT2D eigenvalue weighted by Gasteiger charge is 2.34. The lowest BCUT2D eigenvalue weighted by Crippen LogP contribution is -2.48. The van der Waals surface area contributed by atoms with Crippen LogP contribution in [-0.4, -0.2) is 51.8 Å². The average Bonchev–Trinajstić information content (AvgIpc) is 2.61. The predicted octanol–water partition coefficient (Wildman–Crippen LogP) is 0.0159. The quantitative estimate of drug-likeness (QED) is 0.637. The van der Waals surface area contributed by atoms with Gasteiger partial charge in [-0.1, -0.05) is 0 Å². The van der Waals surface area contributed by atoms with Crippen molar-refractivity contribution < 1.29 is 19.8 Å². The van der Waals surface area contributed by atoms with E-state index in [-0.39, 0.29) is 12.5 Å². The maximum absolute atomic E-state index is 11.7. The number of carbonyl (C=O) groups is 2. The SMILES string of the molecule is CC(C)(O)CNC(=O)C1CCCN1C(=O)O. The van der Waals surface area contributed by atoms with E-state index in [1.165, 1.54) is 0 Å². The van der Waals surface area contributed by atoms with Gasteiger partial charge in [-0.2, -0.15) is 0 Å². The summed E-state index contributed by atoms with van der Waals surface area (Å²) in [5, 5.41) is 20.9. The van der Waals surface area contributed by atoms with Crippen molar-refractivity contribution in [1.82, 2.24) is 10.2 Å². The predicted molar refractivity (Wildman–Crippen MR) is 57.1 cm³/mol. The molecule has 0 aliphatic carbocycles. The number of aliphatic hydroxyl groups is 1. The topological polar surface area (TPSA) is 89.9 Å². The largest absolute Gasteiger partial charge is 0.465 e. The molecule has 1 fully saturated rings. The van der Waals surface area contributed by atoms with Gasteiger partial charge >= 0.3 is 6.09 Å². The molecule has 1 heterocycles. The van der Waals surface area contributed by atoms with Crippen LogP contribution in [0.25, 0.3) is 0 Å². The number of hydrogen-bond acceptors (Lipinski definition) is 3. The fraction of sp³-hybridized carbons (Fsp3) is 0.800. The molecule has 0 radical (unpaired) electrons. The third kappa shape index (κ3) is 3.37. The smallest absolute Gasteiger partial charge is 0.407 e. The summed E-state index contributed by atoms with van der Waals surface area (Å²) < 4.78 is 0. The molecule has 2 amide bonds. The number of nitrogens with one attached hydrogen (secondary N) is 1. The van der Waals surface area contributed by atoms with E-state index in [0.29, 0.717) is 19.4 Å². The Morgan fingerprint density at radius 1 is 1.50 bits per heavy atom. The summed E-state index contributed by atoms with van der Waals surface area (Å²) in [6.07, 6.45) is 0.178. The molecule has 6 nitrogen and oxygen atoms in total. The molecule has 1 saturated heterocycles. The van der Waals surface area contributed by atoms with Crippen LogP contribution in [-0.2, 0) is 4.79 Å². The van der Waals surface area contributed by atoms with Gasteiger partial charge in [0.25, 0.3) is 0 Å². The van der Waals surface area contributed by atoms with Gasteiger partial charge in [0.05, 0.1) is 5.60 Å². The number of amides is 2. The van der Waals surface area contributed by atoms with E-state index in [2.05, 4.69) is 5.32 Å². The second-order valence-electron chi connectivity index (χ2n) is 4.66. The van der Waals surface area contributed by atoms with Crippen molar-refractivity contribution in [2.45, 2.75) is 38.3 Å². The van der Waals surface area contributed by atoms with Gasteiger partial charge in [-0.15, -0.1) is 0 Å². The molecule has 0 saturated carbocycles. The van der Waals surface area contributed by atoms with Crippen LogP contribution < -0.4 is 5.32 Å². The number of nitrogens with zero attached hydrogens (tertiary/aromatic N) is 1. The molecular formula is C10H18N2O4. The van der Waals surface area contributed by atoms with Gasteiger partial charge in [0.15, 0.2) is 0 Å². The van der Waals surface area contributed by atoms with Crippen LogP contribution in [0.4, 0.5) is 4.79 Å². The van der Waals surface area contributed by atoms with Gasteiger partial charge in [0, 0.05) is 13.1 Å². The van der Waals surface area contributed by atoms with Crippen LogP contribution >= 0.6 is 0 Å². The molecule has 0 aromatic carbocycles. The monoisotopic (exact) mass is 230 g/mol. The highest BCUT2D eigenvalue weighted by Crippen LogP contribution is 2.17. The fourth-order valence-corrected chi connectivity index (χ4v) is 1.69. The van der Waals surface area contributed by atoms with Gasteiger partial charge in [0.1, 0.15) is 6.04 Å². The number of rotatable bonds is 3. The standard InChI is InChI=1S/C10H18N2O4/c1-10(2,16)6-11-8(13)7-4-3-5-12(7)9(14)15/h7,16H,3-6H2,1-2H3,(H,11,13)(H,14,15). The maximum Gasteiger partial charge on any atom is 0.407 e. The Hall–Kier alpha value is -1.30. The Morgan fingerprint density at radius 2 is 2.12 bits per heavy atom. The van der Waals surface area contributed by atoms with Crippen LogP contribution in [0, 0.1) is 0 Å². The fourth-order valence-electron chi connectivity index (χ4n) is 1.69. The molecule has 0 aromatic heterocycles. The molecule has 1 unspecified atom stereocenters. The van der Waals surface area contributed by atoms with Gasteiger partial charge in [-0.05, 0) is 26.7 Å². The van der Waals surface area contributed by atoms with Gasteiger partial charge in [0.2, 0.25) is 5.91 Å². The Morgan fingerprint density at radius 3 is 2.62 bits per heavy atom. The van der Waals surface area contributed by atoms with Crippen molar-refractivity contribution in [3.05, 3.63) is 0 Å². The summed E-state index contributed by atoms with van der Waals surface area (Å²) in [6.45, 7) is 3.68. The number of hydrogen-bond donors (Lipinski definition) is 3. The molecular weight excluding hydrogens is 212 g/mol. The number of carbonyl (C=O) groups excluding carboxylic acids is 1. The van der Waals surface area contributed by atoms with E-state index < -0.39 is 17.7 Å². The zero-order valence-electron chi connectivity index (χ0n) is 9.56. The Kier molecular flexibility index (Phi) is 3.74. The molecule has 0 bridgehead atoms. The lowest BCUT2D eigenvalue weighted by Gasteiger charge is -2.23. The lowest BCUT2D eigenvalue weighted by molar-refractivity contribution is -0.126. The minimum Gasteiger partial charge on any atom is -0.465 e. The van der Waals surface area contributed by atoms with E-state index in [1.54, 1.807) is 13.8 Å². The average molecular weight is 230 g/mol. The lowest BCUT2D eigenvalue weighted by atomic mass is 10.1. The summed E-state index contributed by atoms with van der Waals surface area (Å²) in [5.41, 5.74) is -0.984.